The highest BCUT2D eigenvalue weighted by atomic mass is 32.2. The summed E-state index contributed by atoms with van der Waals surface area (Å²) in [5, 5.41) is 10.8. The van der Waals surface area contributed by atoms with Crippen molar-refractivity contribution in [3.8, 4) is 11.5 Å². The van der Waals surface area contributed by atoms with Gasteiger partial charge in [0.1, 0.15) is 17.1 Å². The third-order valence-corrected chi connectivity index (χ3v) is 5.74. The molecule has 1 fully saturated rings. The standard InChI is InChI=1S/C15H20O3S/c1-10-15(6-3-7-19-10)9-13(16)12-5-4-11(17-2)8-14(12)18-15/h4-5,8,10,13,16H,3,6-7,9H2,1-2H3. The van der Waals surface area contributed by atoms with Gasteiger partial charge < -0.3 is 14.6 Å². The Morgan fingerprint density at radius 2 is 2.32 bits per heavy atom. The van der Waals surface area contributed by atoms with Gasteiger partial charge >= 0.3 is 0 Å². The van der Waals surface area contributed by atoms with Crippen molar-refractivity contribution in [2.24, 2.45) is 0 Å². The minimum Gasteiger partial charge on any atom is -0.497 e. The fraction of sp³-hybridized carbons (Fsp3) is 0.600. The van der Waals surface area contributed by atoms with E-state index in [0.29, 0.717) is 11.7 Å². The van der Waals surface area contributed by atoms with Crippen molar-refractivity contribution < 1.29 is 14.6 Å². The van der Waals surface area contributed by atoms with E-state index in [1.165, 1.54) is 5.75 Å². The highest BCUT2D eigenvalue weighted by Crippen LogP contribution is 2.48. The zero-order chi connectivity index (χ0) is 13.5. The van der Waals surface area contributed by atoms with Gasteiger partial charge in [-0.25, -0.2) is 0 Å². The maximum atomic E-state index is 10.4. The molecule has 0 saturated carbocycles. The lowest BCUT2D eigenvalue weighted by Gasteiger charge is -2.46. The highest BCUT2D eigenvalue weighted by molar-refractivity contribution is 8.00. The number of methoxy groups -OCH3 is 1. The predicted molar refractivity (Wildman–Crippen MR) is 77.1 cm³/mol. The predicted octanol–water partition coefficient (Wildman–Crippen LogP) is 3.17. The van der Waals surface area contributed by atoms with Gasteiger partial charge in [0.15, 0.2) is 0 Å². The summed E-state index contributed by atoms with van der Waals surface area (Å²) in [5.74, 6) is 2.75. The Morgan fingerprint density at radius 1 is 1.47 bits per heavy atom. The van der Waals surface area contributed by atoms with Crippen LogP contribution in [0.25, 0.3) is 0 Å². The molecule has 0 bridgehead atoms. The largest absolute Gasteiger partial charge is 0.497 e. The Bertz CT molecular complexity index is 476. The number of fused-ring (bicyclic) bond motifs is 1. The first-order valence-electron chi connectivity index (χ1n) is 6.81. The molecule has 19 heavy (non-hydrogen) atoms. The first-order valence-corrected chi connectivity index (χ1v) is 7.86. The molecule has 4 heteroatoms. The molecule has 2 heterocycles. The van der Waals surface area contributed by atoms with E-state index >= 15 is 0 Å². The van der Waals surface area contributed by atoms with Crippen LogP contribution in [0.1, 0.15) is 37.9 Å². The monoisotopic (exact) mass is 280 g/mol. The summed E-state index contributed by atoms with van der Waals surface area (Å²) in [6.45, 7) is 2.21. The van der Waals surface area contributed by atoms with E-state index in [-0.39, 0.29) is 5.60 Å². The Morgan fingerprint density at radius 3 is 3.05 bits per heavy atom. The highest BCUT2D eigenvalue weighted by Gasteiger charge is 2.46. The van der Waals surface area contributed by atoms with Gasteiger partial charge in [0.25, 0.3) is 0 Å². The van der Waals surface area contributed by atoms with Gasteiger partial charge in [-0.2, -0.15) is 11.8 Å². The summed E-state index contributed by atoms with van der Waals surface area (Å²) in [4.78, 5) is 0. The van der Waals surface area contributed by atoms with Crippen LogP contribution in [0.15, 0.2) is 18.2 Å². The Labute approximate surface area is 118 Å². The average molecular weight is 280 g/mol. The normalized spacial score (nSPS) is 33.6. The number of hydrogen-bond acceptors (Lipinski definition) is 4. The molecular weight excluding hydrogens is 260 g/mol. The van der Waals surface area contributed by atoms with E-state index in [4.69, 9.17) is 9.47 Å². The zero-order valence-electron chi connectivity index (χ0n) is 11.4. The van der Waals surface area contributed by atoms with E-state index in [1.54, 1.807) is 7.11 Å². The number of benzene rings is 1. The summed E-state index contributed by atoms with van der Waals surface area (Å²) >= 11 is 1.94. The molecule has 0 aliphatic carbocycles. The van der Waals surface area contributed by atoms with Crippen LogP contribution in [0.2, 0.25) is 0 Å². The molecule has 1 spiro atoms. The van der Waals surface area contributed by atoms with Crippen molar-refractivity contribution >= 4 is 11.8 Å². The zero-order valence-corrected chi connectivity index (χ0v) is 12.2. The number of hydrogen-bond donors (Lipinski definition) is 1. The van der Waals surface area contributed by atoms with Crippen LogP contribution < -0.4 is 9.47 Å². The van der Waals surface area contributed by atoms with Crippen LogP contribution in [0, 0.1) is 0 Å². The van der Waals surface area contributed by atoms with Crippen LogP contribution in [-0.4, -0.2) is 28.8 Å². The van der Waals surface area contributed by atoms with Crippen molar-refractivity contribution in [2.45, 2.75) is 43.1 Å². The van der Waals surface area contributed by atoms with Gasteiger partial charge in [-0.15, -0.1) is 0 Å². The Hall–Kier alpha value is -0.870. The van der Waals surface area contributed by atoms with E-state index in [0.717, 1.165) is 29.9 Å². The van der Waals surface area contributed by atoms with Crippen molar-refractivity contribution in [2.75, 3.05) is 12.9 Å². The van der Waals surface area contributed by atoms with Gasteiger partial charge in [0.2, 0.25) is 0 Å². The van der Waals surface area contributed by atoms with Gasteiger partial charge in [0, 0.05) is 23.3 Å². The summed E-state index contributed by atoms with van der Waals surface area (Å²) in [6, 6.07) is 5.68. The molecule has 2 aliphatic rings. The summed E-state index contributed by atoms with van der Waals surface area (Å²) in [6.07, 6.45) is 2.44. The lowest BCUT2D eigenvalue weighted by atomic mass is 9.83. The van der Waals surface area contributed by atoms with Crippen molar-refractivity contribution in [1.29, 1.82) is 0 Å². The van der Waals surface area contributed by atoms with Crippen LogP contribution >= 0.6 is 11.8 Å². The minimum absolute atomic E-state index is 0.221. The van der Waals surface area contributed by atoms with Gasteiger partial charge in [-0.05, 0) is 37.7 Å². The van der Waals surface area contributed by atoms with Gasteiger partial charge in [0.05, 0.1) is 13.2 Å². The summed E-state index contributed by atoms with van der Waals surface area (Å²) < 4.78 is 11.6. The molecule has 1 N–H and O–H groups in total. The average Bonchev–Trinajstić information content (AvgIpc) is 2.41. The van der Waals surface area contributed by atoms with Crippen molar-refractivity contribution in [1.82, 2.24) is 0 Å². The third kappa shape index (κ3) is 2.21. The van der Waals surface area contributed by atoms with Crippen LogP contribution in [0.5, 0.6) is 11.5 Å². The van der Waals surface area contributed by atoms with Gasteiger partial charge in [-0.3, -0.25) is 0 Å². The molecular formula is C15H20O3S. The molecule has 1 aromatic rings. The second-order valence-electron chi connectivity index (χ2n) is 5.41. The lowest BCUT2D eigenvalue weighted by Crippen LogP contribution is -2.50. The minimum atomic E-state index is -0.434. The summed E-state index contributed by atoms with van der Waals surface area (Å²) in [7, 11) is 1.65. The number of aliphatic hydroxyl groups is 1. The summed E-state index contributed by atoms with van der Waals surface area (Å²) in [5.41, 5.74) is 0.663. The Balaban J connectivity index is 1.97. The van der Waals surface area contributed by atoms with Crippen molar-refractivity contribution in [3.05, 3.63) is 23.8 Å². The van der Waals surface area contributed by atoms with Gasteiger partial charge in [-0.1, -0.05) is 0 Å². The number of thioether (sulfide) groups is 1. The molecule has 1 aromatic carbocycles. The topological polar surface area (TPSA) is 38.7 Å². The molecule has 104 valence electrons. The number of rotatable bonds is 1. The molecule has 3 nitrogen and oxygen atoms in total. The molecule has 0 amide bonds. The first-order chi connectivity index (χ1) is 9.14. The molecule has 0 radical (unpaired) electrons. The fourth-order valence-corrected chi connectivity index (χ4v) is 4.32. The van der Waals surface area contributed by atoms with E-state index in [2.05, 4.69) is 6.92 Å². The molecule has 3 unspecified atom stereocenters. The van der Waals surface area contributed by atoms with E-state index < -0.39 is 6.10 Å². The third-order valence-electron chi connectivity index (χ3n) is 4.28. The number of aliphatic hydroxyl groups excluding tert-OH is 1. The van der Waals surface area contributed by atoms with E-state index in [1.807, 2.05) is 30.0 Å². The van der Waals surface area contributed by atoms with Crippen molar-refractivity contribution in [3.63, 3.8) is 0 Å². The SMILES string of the molecule is COc1ccc2c(c1)OC1(CCCSC1C)CC2O. The number of ether oxygens (including phenoxy) is 2. The van der Waals surface area contributed by atoms with E-state index in [9.17, 15) is 5.11 Å². The fourth-order valence-electron chi connectivity index (χ4n) is 3.09. The lowest BCUT2D eigenvalue weighted by molar-refractivity contribution is -0.0213. The molecule has 3 rings (SSSR count). The molecule has 1 saturated heterocycles. The second-order valence-corrected chi connectivity index (χ2v) is 6.86. The van der Waals surface area contributed by atoms with Crippen LogP contribution in [0.3, 0.4) is 0 Å². The second kappa shape index (κ2) is 4.91. The smallest absolute Gasteiger partial charge is 0.129 e. The quantitative estimate of drug-likeness (QED) is 0.857. The molecule has 3 atom stereocenters. The van der Waals surface area contributed by atoms with Crippen LogP contribution in [0.4, 0.5) is 0 Å². The first kappa shape index (κ1) is 13.1. The maximum Gasteiger partial charge on any atom is 0.129 e. The maximum absolute atomic E-state index is 10.4. The van der Waals surface area contributed by atoms with Crippen LogP contribution in [-0.2, 0) is 0 Å². The molecule has 0 aromatic heterocycles. The molecule has 2 aliphatic heterocycles. The Kier molecular flexibility index (Phi) is 3.39.